The zero-order chi connectivity index (χ0) is 15.4. The monoisotopic (exact) mass is 284 g/mol. The van der Waals surface area contributed by atoms with E-state index in [1.807, 2.05) is 0 Å². The Bertz CT molecular complexity index is 698. The van der Waals surface area contributed by atoms with Crippen molar-refractivity contribution in [2.75, 3.05) is 11.9 Å². The summed E-state index contributed by atoms with van der Waals surface area (Å²) in [5, 5.41) is 25.3. The molecule has 6 nitrogen and oxygen atoms in total. The Morgan fingerprint density at radius 3 is 2.86 bits per heavy atom. The normalized spacial score (nSPS) is 10.4. The van der Waals surface area contributed by atoms with Gasteiger partial charge in [-0.2, -0.15) is 10.4 Å². The van der Waals surface area contributed by atoms with Crippen LogP contribution in [0.5, 0.6) is 0 Å². The van der Waals surface area contributed by atoms with Crippen LogP contribution in [-0.4, -0.2) is 27.4 Å². The smallest absolute Gasteiger partial charge is 0.338 e. The summed E-state index contributed by atoms with van der Waals surface area (Å²) >= 11 is 0. The van der Waals surface area contributed by atoms with Gasteiger partial charge in [0.15, 0.2) is 0 Å². The van der Waals surface area contributed by atoms with Gasteiger partial charge in [0.2, 0.25) is 0 Å². The van der Waals surface area contributed by atoms with Gasteiger partial charge in [-0.1, -0.05) is 13.8 Å². The van der Waals surface area contributed by atoms with Crippen molar-refractivity contribution < 1.29 is 9.90 Å². The van der Waals surface area contributed by atoms with Crippen LogP contribution in [0.25, 0.3) is 5.69 Å². The van der Waals surface area contributed by atoms with E-state index in [4.69, 9.17) is 5.11 Å². The first-order chi connectivity index (χ1) is 10.0. The fraction of sp³-hybridized carbons (Fsp3) is 0.267. The number of rotatable bonds is 5. The lowest BCUT2D eigenvalue weighted by Gasteiger charge is -2.11. The van der Waals surface area contributed by atoms with Crippen LogP contribution in [-0.2, 0) is 0 Å². The molecule has 0 aliphatic carbocycles. The number of carbonyl (C=O) groups is 1. The van der Waals surface area contributed by atoms with Gasteiger partial charge in [-0.25, -0.2) is 9.48 Å². The highest BCUT2D eigenvalue weighted by atomic mass is 16.4. The van der Waals surface area contributed by atoms with E-state index in [1.54, 1.807) is 18.2 Å². The minimum absolute atomic E-state index is 0.107. The van der Waals surface area contributed by atoms with Gasteiger partial charge in [0.25, 0.3) is 0 Å². The van der Waals surface area contributed by atoms with Crippen LogP contribution in [0.1, 0.15) is 29.8 Å². The molecule has 108 valence electrons. The lowest BCUT2D eigenvalue weighted by molar-refractivity contribution is 0.0697. The van der Waals surface area contributed by atoms with E-state index in [1.165, 1.54) is 17.1 Å². The number of hydrogen-bond acceptors (Lipinski definition) is 4. The number of hydrogen-bond donors (Lipinski definition) is 2. The Hall–Kier alpha value is -2.81. The van der Waals surface area contributed by atoms with Gasteiger partial charge >= 0.3 is 5.97 Å². The van der Waals surface area contributed by atoms with Gasteiger partial charge in [0.05, 0.1) is 28.7 Å². The number of nitrogens with zero attached hydrogens (tertiary/aromatic N) is 3. The molecule has 1 aromatic carbocycles. The first kappa shape index (κ1) is 14.6. The topological polar surface area (TPSA) is 90.9 Å². The lowest BCUT2D eigenvalue weighted by atomic mass is 10.1. The molecule has 0 aliphatic rings. The number of carboxylic acid groups (broad SMARTS) is 1. The van der Waals surface area contributed by atoms with Crippen molar-refractivity contribution >= 4 is 11.7 Å². The standard InChI is InChI=1S/C15H16N4O2/c1-10(2)7-17-14-4-3-13(5-11(14)6-16)19-9-12(8-18-19)15(20)21/h3-5,8-10,17H,7H2,1-2H3,(H,20,21). The van der Waals surface area contributed by atoms with Gasteiger partial charge < -0.3 is 10.4 Å². The largest absolute Gasteiger partial charge is 0.478 e. The SMILES string of the molecule is CC(C)CNc1ccc(-n2cc(C(=O)O)cn2)cc1C#N. The Morgan fingerprint density at radius 1 is 1.52 bits per heavy atom. The molecule has 1 heterocycles. The van der Waals surface area contributed by atoms with Crippen LogP contribution in [0.4, 0.5) is 5.69 Å². The second-order valence-corrected chi connectivity index (χ2v) is 5.10. The van der Waals surface area contributed by atoms with Crippen molar-refractivity contribution in [1.29, 1.82) is 5.26 Å². The maximum atomic E-state index is 10.9. The minimum Gasteiger partial charge on any atom is -0.478 e. The average Bonchev–Trinajstić information content (AvgIpc) is 2.94. The van der Waals surface area contributed by atoms with Crippen molar-refractivity contribution in [3.63, 3.8) is 0 Å². The molecule has 2 rings (SSSR count). The Kier molecular flexibility index (Phi) is 4.24. The summed E-state index contributed by atoms with van der Waals surface area (Å²) in [4.78, 5) is 10.9. The number of benzene rings is 1. The van der Waals surface area contributed by atoms with Crippen molar-refractivity contribution in [2.45, 2.75) is 13.8 Å². The third-order valence-electron chi connectivity index (χ3n) is 2.92. The summed E-state index contributed by atoms with van der Waals surface area (Å²) in [6.45, 7) is 4.95. The summed E-state index contributed by atoms with van der Waals surface area (Å²) in [6.07, 6.45) is 2.69. The van der Waals surface area contributed by atoms with Crippen LogP contribution in [0, 0.1) is 17.2 Å². The highest BCUT2D eigenvalue weighted by Crippen LogP contribution is 2.19. The number of anilines is 1. The van der Waals surface area contributed by atoms with Crippen molar-refractivity contribution in [3.05, 3.63) is 41.7 Å². The summed E-state index contributed by atoms with van der Waals surface area (Å²) in [5.41, 5.74) is 2.02. The number of nitrogens with one attached hydrogen (secondary N) is 1. The van der Waals surface area contributed by atoms with Crippen LogP contribution < -0.4 is 5.32 Å². The maximum absolute atomic E-state index is 10.9. The van der Waals surface area contributed by atoms with Crippen molar-refractivity contribution in [3.8, 4) is 11.8 Å². The fourth-order valence-electron chi connectivity index (χ4n) is 1.81. The number of nitriles is 1. The molecule has 2 aromatic rings. The third kappa shape index (κ3) is 3.39. The molecule has 0 bridgehead atoms. The highest BCUT2D eigenvalue weighted by Gasteiger charge is 2.09. The fourth-order valence-corrected chi connectivity index (χ4v) is 1.81. The molecule has 0 atom stereocenters. The van der Waals surface area contributed by atoms with E-state index in [0.717, 1.165) is 12.2 Å². The number of aromatic nitrogens is 2. The summed E-state index contributed by atoms with van der Waals surface area (Å²) < 4.78 is 1.44. The highest BCUT2D eigenvalue weighted by molar-refractivity contribution is 5.87. The molecule has 0 unspecified atom stereocenters. The molecule has 0 radical (unpaired) electrons. The quantitative estimate of drug-likeness (QED) is 0.880. The number of aromatic carboxylic acids is 1. The molecule has 1 aromatic heterocycles. The van der Waals surface area contributed by atoms with Crippen LogP contribution in [0.2, 0.25) is 0 Å². The van der Waals surface area contributed by atoms with Gasteiger partial charge in [-0.15, -0.1) is 0 Å². The van der Waals surface area contributed by atoms with Crippen LogP contribution in [0.15, 0.2) is 30.6 Å². The Labute approximate surface area is 122 Å². The average molecular weight is 284 g/mol. The predicted octanol–water partition coefficient (Wildman–Crippen LogP) is 2.51. The van der Waals surface area contributed by atoms with Gasteiger partial charge in [0, 0.05) is 12.7 Å². The maximum Gasteiger partial charge on any atom is 0.338 e. The van der Waals surface area contributed by atoms with Crippen LogP contribution in [0.3, 0.4) is 0 Å². The molecule has 2 N–H and O–H groups in total. The summed E-state index contributed by atoms with van der Waals surface area (Å²) in [5.74, 6) is -0.558. The zero-order valence-corrected chi connectivity index (χ0v) is 11.9. The van der Waals surface area contributed by atoms with E-state index in [9.17, 15) is 10.1 Å². The molecular weight excluding hydrogens is 268 g/mol. The van der Waals surface area contributed by atoms with E-state index in [-0.39, 0.29) is 5.56 Å². The van der Waals surface area contributed by atoms with Gasteiger partial charge in [-0.3, -0.25) is 0 Å². The van der Waals surface area contributed by atoms with E-state index >= 15 is 0 Å². The van der Waals surface area contributed by atoms with Crippen LogP contribution >= 0.6 is 0 Å². The van der Waals surface area contributed by atoms with E-state index in [0.29, 0.717) is 17.2 Å². The molecular formula is C15H16N4O2. The summed E-state index contributed by atoms with van der Waals surface area (Å²) in [7, 11) is 0. The van der Waals surface area contributed by atoms with E-state index < -0.39 is 5.97 Å². The molecule has 21 heavy (non-hydrogen) atoms. The summed E-state index contributed by atoms with van der Waals surface area (Å²) in [6, 6.07) is 7.42. The molecule has 0 amide bonds. The first-order valence-corrected chi connectivity index (χ1v) is 6.57. The Balaban J connectivity index is 2.29. The Morgan fingerprint density at radius 2 is 2.29 bits per heavy atom. The zero-order valence-electron chi connectivity index (χ0n) is 11.9. The second-order valence-electron chi connectivity index (χ2n) is 5.10. The first-order valence-electron chi connectivity index (χ1n) is 6.57. The predicted molar refractivity (Wildman–Crippen MR) is 78.6 cm³/mol. The molecule has 0 saturated carbocycles. The second kappa shape index (κ2) is 6.09. The minimum atomic E-state index is -1.03. The van der Waals surface area contributed by atoms with E-state index in [2.05, 4.69) is 30.3 Å². The lowest BCUT2D eigenvalue weighted by Crippen LogP contribution is -2.09. The molecule has 6 heteroatoms. The molecule has 0 spiro atoms. The molecule has 0 aliphatic heterocycles. The van der Waals surface area contributed by atoms with Crippen molar-refractivity contribution in [1.82, 2.24) is 9.78 Å². The van der Waals surface area contributed by atoms with Crippen molar-refractivity contribution in [2.24, 2.45) is 5.92 Å². The molecule has 0 saturated heterocycles. The van der Waals surface area contributed by atoms with Gasteiger partial charge in [0.1, 0.15) is 6.07 Å². The van der Waals surface area contributed by atoms with Gasteiger partial charge in [-0.05, 0) is 24.1 Å². The number of carboxylic acids is 1. The third-order valence-corrected chi connectivity index (χ3v) is 2.92. The molecule has 0 fully saturated rings.